The molecule has 0 radical (unpaired) electrons. The molecule has 1 nitrogen and oxygen atoms in total. The molecule has 0 bridgehead atoms. The number of unbranched alkanes of at least 4 members (excludes halogenated alkanes) is 23. The maximum atomic E-state index is 5.52. The first-order valence-corrected chi connectivity index (χ1v) is 15.5. The van der Waals surface area contributed by atoms with Gasteiger partial charge in [-0.05, 0) is 26.8 Å². The predicted molar refractivity (Wildman–Crippen MR) is 157 cm³/mol. The van der Waals surface area contributed by atoms with Crippen LogP contribution in [0.15, 0.2) is 12.2 Å². The monoisotopic (exact) mass is 468 g/mol. The van der Waals surface area contributed by atoms with Crippen molar-refractivity contribution in [2.24, 2.45) is 5.73 Å². The zero-order valence-electron chi connectivity index (χ0n) is 24.5. The van der Waals surface area contributed by atoms with Gasteiger partial charge in [-0.15, -0.1) is 6.58 Å². The third-order valence-electron chi connectivity index (χ3n) is 6.06. The van der Waals surface area contributed by atoms with Gasteiger partial charge in [0.05, 0.1) is 0 Å². The lowest BCUT2D eigenvalue weighted by Gasteiger charge is -2.04. The second-order valence-electron chi connectivity index (χ2n) is 10.1. The third-order valence-corrected chi connectivity index (χ3v) is 6.06. The first-order valence-electron chi connectivity index (χ1n) is 15.5. The Morgan fingerprint density at radius 3 is 0.727 bits per heavy atom. The predicted octanol–water partition coefficient (Wildman–Crippen LogP) is 11.9. The Hall–Kier alpha value is -0.300. The van der Waals surface area contributed by atoms with Crippen molar-refractivity contribution in [3.05, 3.63) is 12.2 Å². The van der Waals surface area contributed by atoms with Crippen LogP contribution in [0.1, 0.15) is 189 Å². The Bertz CT molecular complexity index is 282. The highest BCUT2D eigenvalue weighted by Crippen LogP contribution is 2.15. The Morgan fingerprint density at radius 2 is 0.576 bits per heavy atom. The van der Waals surface area contributed by atoms with Crippen LogP contribution in [0.2, 0.25) is 0 Å². The van der Waals surface area contributed by atoms with Crippen molar-refractivity contribution >= 4 is 0 Å². The highest BCUT2D eigenvalue weighted by molar-refractivity contribution is 4.78. The molecular formula is C32H69N. The van der Waals surface area contributed by atoms with E-state index >= 15 is 0 Å². The summed E-state index contributed by atoms with van der Waals surface area (Å²) >= 11 is 0. The van der Waals surface area contributed by atoms with Crippen LogP contribution in [0, 0.1) is 0 Å². The quantitative estimate of drug-likeness (QED) is 0.111. The van der Waals surface area contributed by atoms with Crippen LogP contribution in [0.3, 0.4) is 0 Å². The molecule has 0 aromatic heterocycles. The molecule has 0 saturated carbocycles. The lowest BCUT2D eigenvalue weighted by atomic mass is 10.0. The molecule has 0 aromatic carbocycles. The van der Waals surface area contributed by atoms with E-state index in [1.54, 1.807) is 0 Å². The lowest BCUT2D eigenvalue weighted by molar-refractivity contribution is 0.517. The van der Waals surface area contributed by atoms with E-state index in [0.29, 0.717) is 0 Å². The molecule has 0 aliphatic heterocycles. The second-order valence-corrected chi connectivity index (χ2v) is 10.1. The van der Waals surface area contributed by atoms with Gasteiger partial charge in [0, 0.05) is 0 Å². The molecular weight excluding hydrogens is 398 g/mol. The van der Waals surface area contributed by atoms with Crippen LogP contribution < -0.4 is 5.73 Å². The van der Waals surface area contributed by atoms with Gasteiger partial charge in [0.2, 0.25) is 0 Å². The van der Waals surface area contributed by atoms with Crippen molar-refractivity contribution in [1.82, 2.24) is 0 Å². The molecule has 0 saturated heterocycles. The first kappa shape index (κ1) is 37.3. The first-order chi connectivity index (χ1) is 16.1. The van der Waals surface area contributed by atoms with Gasteiger partial charge in [-0.3, -0.25) is 0 Å². The standard InChI is InChI=1S/C26H55N.C4H8.C2H6/c1-2-3-4-5-6-7-8-9-10-11-12-13-14-15-16-17-18-19-20-21-22-23-24-25-26-27;1-4(2)3;1-2/h2-27H2,1H3;1H2,2-3H3;1-2H3. The van der Waals surface area contributed by atoms with Gasteiger partial charge in [0.15, 0.2) is 0 Å². The molecule has 1 heteroatoms. The highest BCUT2D eigenvalue weighted by Gasteiger charge is 1.95. The molecule has 0 aliphatic rings. The Morgan fingerprint density at radius 1 is 0.424 bits per heavy atom. The Balaban J connectivity index is -0.00000134. The second kappa shape index (κ2) is 38.9. The van der Waals surface area contributed by atoms with Crippen molar-refractivity contribution in [3.63, 3.8) is 0 Å². The van der Waals surface area contributed by atoms with E-state index in [0.717, 1.165) is 6.54 Å². The van der Waals surface area contributed by atoms with Crippen molar-refractivity contribution in [2.75, 3.05) is 6.54 Å². The summed E-state index contributed by atoms with van der Waals surface area (Å²) in [5.74, 6) is 0. The molecule has 0 heterocycles. The van der Waals surface area contributed by atoms with E-state index in [1.807, 2.05) is 27.7 Å². The van der Waals surface area contributed by atoms with Crippen molar-refractivity contribution in [2.45, 2.75) is 189 Å². The minimum atomic E-state index is 0.874. The van der Waals surface area contributed by atoms with Gasteiger partial charge < -0.3 is 5.73 Å². The fraction of sp³-hybridized carbons (Fsp3) is 0.938. The van der Waals surface area contributed by atoms with Crippen LogP contribution in [0.25, 0.3) is 0 Å². The minimum Gasteiger partial charge on any atom is -0.330 e. The molecule has 0 aromatic rings. The average Bonchev–Trinajstić information content (AvgIpc) is 2.80. The summed E-state index contributed by atoms with van der Waals surface area (Å²) in [5.41, 5.74) is 6.69. The lowest BCUT2D eigenvalue weighted by Crippen LogP contribution is -1.97. The fourth-order valence-corrected chi connectivity index (χ4v) is 4.11. The molecule has 0 fully saturated rings. The van der Waals surface area contributed by atoms with E-state index < -0.39 is 0 Å². The summed E-state index contributed by atoms with van der Waals surface area (Å²) in [6.07, 6.45) is 34.8. The van der Waals surface area contributed by atoms with Crippen LogP contribution in [-0.2, 0) is 0 Å². The van der Waals surface area contributed by atoms with E-state index in [1.165, 1.54) is 160 Å². The highest BCUT2D eigenvalue weighted by atomic mass is 14.5. The number of hydrogen-bond donors (Lipinski definition) is 1. The molecule has 202 valence electrons. The van der Waals surface area contributed by atoms with Gasteiger partial charge in [0.1, 0.15) is 0 Å². The zero-order valence-corrected chi connectivity index (χ0v) is 24.5. The van der Waals surface area contributed by atoms with Gasteiger partial charge >= 0.3 is 0 Å². The molecule has 33 heavy (non-hydrogen) atoms. The van der Waals surface area contributed by atoms with E-state index in [-0.39, 0.29) is 0 Å². The van der Waals surface area contributed by atoms with Crippen molar-refractivity contribution in [1.29, 1.82) is 0 Å². The summed E-state index contributed by atoms with van der Waals surface area (Å²) in [6, 6.07) is 0. The molecule has 0 unspecified atom stereocenters. The number of hydrogen-bond acceptors (Lipinski definition) is 1. The van der Waals surface area contributed by atoms with E-state index in [9.17, 15) is 0 Å². The maximum absolute atomic E-state index is 5.52. The molecule has 0 atom stereocenters. The minimum absolute atomic E-state index is 0.874. The van der Waals surface area contributed by atoms with Gasteiger partial charge in [-0.2, -0.15) is 0 Å². The summed E-state index contributed by atoms with van der Waals surface area (Å²) in [6.45, 7) is 14.7. The van der Waals surface area contributed by atoms with E-state index in [4.69, 9.17) is 5.73 Å². The van der Waals surface area contributed by atoms with Crippen LogP contribution in [0.4, 0.5) is 0 Å². The number of allylic oxidation sites excluding steroid dienone is 1. The summed E-state index contributed by atoms with van der Waals surface area (Å²) in [7, 11) is 0. The zero-order chi connectivity index (χ0) is 25.3. The molecule has 0 spiro atoms. The third kappa shape index (κ3) is 49.8. The maximum Gasteiger partial charge on any atom is -0.00773 e. The Kier molecular flexibility index (Phi) is 44.0. The molecule has 0 aliphatic carbocycles. The van der Waals surface area contributed by atoms with Crippen LogP contribution in [-0.4, -0.2) is 6.54 Å². The fourth-order valence-electron chi connectivity index (χ4n) is 4.11. The van der Waals surface area contributed by atoms with Gasteiger partial charge in [-0.25, -0.2) is 0 Å². The van der Waals surface area contributed by atoms with Crippen LogP contribution >= 0.6 is 0 Å². The average molecular weight is 468 g/mol. The van der Waals surface area contributed by atoms with Gasteiger partial charge in [0.25, 0.3) is 0 Å². The summed E-state index contributed by atoms with van der Waals surface area (Å²) in [4.78, 5) is 0. The Labute approximate surface area is 213 Å². The number of nitrogens with two attached hydrogens (primary N) is 1. The number of rotatable bonds is 24. The largest absolute Gasteiger partial charge is 0.330 e. The summed E-state index contributed by atoms with van der Waals surface area (Å²) in [5, 5.41) is 0. The van der Waals surface area contributed by atoms with Crippen LogP contribution in [0.5, 0.6) is 0 Å². The van der Waals surface area contributed by atoms with Crippen molar-refractivity contribution in [3.8, 4) is 0 Å². The topological polar surface area (TPSA) is 26.0 Å². The summed E-state index contributed by atoms with van der Waals surface area (Å²) < 4.78 is 0. The van der Waals surface area contributed by atoms with E-state index in [2.05, 4.69) is 13.5 Å². The molecule has 2 N–H and O–H groups in total. The van der Waals surface area contributed by atoms with Crippen molar-refractivity contribution < 1.29 is 0 Å². The molecule has 0 amide bonds. The normalized spacial score (nSPS) is 10.2. The molecule has 0 rings (SSSR count). The SMILES string of the molecule is C=C(C)C.CC.CCCCCCCCCCCCCCCCCCCCCCCCCCN. The van der Waals surface area contributed by atoms with Gasteiger partial charge in [-0.1, -0.05) is 174 Å². The smallest absolute Gasteiger partial charge is 0.00773 e.